The molecule has 0 radical (unpaired) electrons. The lowest BCUT2D eigenvalue weighted by Gasteiger charge is -2.36. The summed E-state index contributed by atoms with van der Waals surface area (Å²) in [4.78, 5) is 64.6. The third kappa shape index (κ3) is 8.72. The molecule has 1 fully saturated rings. The first-order valence-corrected chi connectivity index (χ1v) is 16.2. The summed E-state index contributed by atoms with van der Waals surface area (Å²) < 4.78 is 33.7. The minimum Gasteiger partial charge on any atom is -0.444 e. The van der Waals surface area contributed by atoms with Crippen molar-refractivity contribution in [1.29, 1.82) is 0 Å². The van der Waals surface area contributed by atoms with Gasteiger partial charge in [0.05, 0.1) is 11.2 Å². The highest BCUT2D eigenvalue weighted by Gasteiger charge is 2.43. The van der Waals surface area contributed by atoms with E-state index in [1.807, 2.05) is 0 Å². The zero-order valence-electron chi connectivity index (χ0n) is 28.8. The molecule has 0 aliphatic carbocycles. The summed E-state index contributed by atoms with van der Waals surface area (Å²) in [5.41, 5.74) is -0.748. The first kappa shape index (κ1) is 37.2. The van der Waals surface area contributed by atoms with E-state index >= 15 is 0 Å². The van der Waals surface area contributed by atoms with Gasteiger partial charge < -0.3 is 25.6 Å². The molecule has 49 heavy (non-hydrogen) atoms. The molecule has 3 atom stereocenters. The SMILES string of the molecule is C[C@@H](C(=O)N[C@H](C(=O)N1CCC[C@H]1C(=O)Nc1ccc2ncnc(Nc3ccc(F)c(Cl)c3F)c2c1)C(C)(C)C)N(C)C(=O)OC(C)(C)C. The van der Waals surface area contributed by atoms with Crippen molar-refractivity contribution in [3.63, 3.8) is 0 Å². The number of hydrogen-bond acceptors (Lipinski definition) is 8. The lowest BCUT2D eigenvalue weighted by atomic mass is 9.85. The lowest BCUT2D eigenvalue weighted by Crippen LogP contribution is -2.59. The number of anilines is 3. The van der Waals surface area contributed by atoms with Crippen LogP contribution in [0, 0.1) is 17.0 Å². The summed E-state index contributed by atoms with van der Waals surface area (Å²) in [7, 11) is 1.45. The molecule has 3 N–H and O–H groups in total. The average molecular weight is 702 g/mol. The van der Waals surface area contributed by atoms with Crippen LogP contribution in [0.15, 0.2) is 36.7 Å². The summed E-state index contributed by atoms with van der Waals surface area (Å²) in [5, 5.41) is 8.24. The Hall–Kier alpha value is -4.59. The fraction of sp³-hybridized carbons (Fsp3) is 0.471. The van der Waals surface area contributed by atoms with Gasteiger partial charge in [-0.1, -0.05) is 32.4 Å². The monoisotopic (exact) mass is 701 g/mol. The number of nitrogens with one attached hydrogen (secondary N) is 3. The number of benzene rings is 2. The van der Waals surface area contributed by atoms with Gasteiger partial charge in [0, 0.05) is 24.7 Å². The fourth-order valence-corrected chi connectivity index (χ4v) is 5.42. The molecule has 12 nitrogen and oxygen atoms in total. The van der Waals surface area contributed by atoms with Crippen molar-refractivity contribution in [3.05, 3.63) is 53.3 Å². The van der Waals surface area contributed by atoms with Crippen molar-refractivity contribution in [2.45, 2.75) is 85.0 Å². The van der Waals surface area contributed by atoms with Gasteiger partial charge >= 0.3 is 6.09 Å². The van der Waals surface area contributed by atoms with E-state index in [1.165, 1.54) is 31.3 Å². The molecule has 15 heteroatoms. The van der Waals surface area contributed by atoms with Gasteiger partial charge in [-0.15, -0.1) is 0 Å². The number of likely N-dealkylation sites (tertiary alicyclic amines) is 1. The number of carbonyl (C=O) groups is 4. The Morgan fingerprint density at radius 1 is 1.06 bits per heavy atom. The van der Waals surface area contributed by atoms with Gasteiger partial charge in [-0.25, -0.2) is 23.5 Å². The minimum absolute atomic E-state index is 0.104. The van der Waals surface area contributed by atoms with Gasteiger partial charge in [0.1, 0.15) is 46.7 Å². The number of fused-ring (bicyclic) bond motifs is 1. The normalized spacial score (nSPS) is 16.1. The molecule has 4 amide bonds. The molecule has 0 spiro atoms. The van der Waals surface area contributed by atoms with Gasteiger partial charge in [-0.2, -0.15) is 0 Å². The topological polar surface area (TPSA) is 146 Å². The van der Waals surface area contributed by atoms with Crippen LogP contribution in [0.1, 0.15) is 61.3 Å². The number of ether oxygens (including phenoxy) is 1. The molecule has 0 bridgehead atoms. The summed E-state index contributed by atoms with van der Waals surface area (Å²) in [6.45, 7) is 12.4. The van der Waals surface area contributed by atoms with Crippen LogP contribution in [0.5, 0.6) is 0 Å². The molecule has 0 saturated carbocycles. The second kappa shape index (κ2) is 14.5. The highest BCUT2D eigenvalue weighted by atomic mass is 35.5. The molecule has 1 aliphatic heterocycles. The Balaban J connectivity index is 1.51. The van der Waals surface area contributed by atoms with Gasteiger partial charge in [0.2, 0.25) is 17.7 Å². The molecule has 3 aromatic rings. The highest BCUT2D eigenvalue weighted by molar-refractivity contribution is 6.31. The van der Waals surface area contributed by atoms with Crippen molar-refractivity contribution >= 4 is 63.5 Å². The zero-order chi connectivity index (χ0) is 36.4. The van der Waals surface area contributed by atoms with E-state index in [1.54, 1.807) is 59.7 Å². The van der Waals surface area contributed by atoms with Crippen LogP contribution >= 0.6 is 11.6 Å². The first-order chi connectivity index (χ1) is 22.8. The smallest absolute Gasteiger partial charge is 0.410 e. The van der Waals surface area contributed by atoms with E-state index in [-0.39, 0.29) is 11.5 Å². The van der Waals surface area contributed by atoms with E-state index in [0.29, 0.717) is 36.0 Å². The van der Waals surface area contributed by atoms with Crippen LogP contribution in [0.2, 0.25) is 5.02 Å². The van der Waals surface area contributed by atoms with E-state index in [0.717, 1.165) is 11.0 Å². The summed E-state index contributed by atoms with van der Waals surface area (Å²) in [5.74, 6) is -3.12. The van der Waals surface area contributed by atoms with Crippen LogP contribution in [0.25, 0.3) is 10.9 Å². The van der Waals surface area contributed by atoms with E-state index in [9.17, 15) is 28.0 Å². The summed E-state index contributed by atoms with van der Waals surface area (Å²) in [6, 6.07) is 4.31. The van der Waals surface area contributed by atoms with Gasteiger partial charge in [0.15, 0.2) is 5.82 Å². The van der Waals surface area contributed by atoms with E-state index in [2.05, 4.69) is 25.9 Å². The van der Waals surface area contributed by atoms with Crippen molar-refractivity contribution in [3.8, 4) is 0 Å². The molecule has 264 valence electrons. The van der Waals surface area contributed by atoms with Crippen LogP contribution < -0.4 is 16.0 Å². The fourth-order valence-electron chi connectivity index (χ4n) is 5.26. The third-order valence-electron chi connectivity index (χ3n) is 8.07. The molecule has 4 rings (SSSR count). The number of nitrogens with zero attached hydrogens (tertiary/aromatic N) is 4. The third-order valence-corrected chi connectivity index (χ3v) is 8.42. The largest absolute Gasteiger partial charge is 0.444 e. The number of rotatable bonds is 8. The molecule has 1 aliphatic rings. The molecule has 1 aromatic heterocycles. The van der Waals surface area contributed by atoms with E-state index < -0.39 is 69.6 Å². The number of carbonyl (C=O) groups excluding carboxylic acids is 4. The van der Waals surface area contributed by atoms with Gasteiger partial charge in [0.25, 0.3) is 0 Å². The average Bonchev–Trinajstić information content (AvgIpc) is 3.52. The van der Waals surface area contributed by atoms with Gasteiger partial charge in [-0.3, -0.25) is 19.3 Å². The predicted molar refractivity (Wildman–Crippen MR) is 182 cm³/mol. The van der Waals surface area contributed by atoms with Crippen LogP contribution in [0.3, 0.4) is 0 Å². The Morgan fingerprint density at radius 3 is 2.41 bits per heavy atom. The summed E-state index contributed by atoms with van der Waals surface area (Å²) in [6.07, 6.45) is 1.56. The number of hydrogen-bond donors (Lipinski definition) is 3. The van der Waals surface area contributed by atoms with Crippen molar-refractivity contribution < 1.29 is 32.7 Å². The molecular weight excluding hydrogens is 660 g/mol. The number of aromatic nitrogens is 2. The Bertz CT molecular complexity index is 1760. The maximum atomic E-state index is 14.6. The van der Waals surface area contributed by atoms with Crippen molar-refractivity contribution in [1.82, 2.24) is 25.1 Å². The van der Waals surface area contributed by atoms with Crippen LogP contribution in [-0.4, -0.2) is 80.9 Å². The molecular formula is C34H42ClF2N7O5. The van der Waals surface area contributed by atoms with Crippen molar-refractivity contribution in [2.24, 2.45) is 5.41 Å². The molecule has 0 unspecified atom stereocenters. The van der Waals surface area contributed by atoms with Gasteiger partial charge in [-0.05, 0) is 76.3 Å². The van der Waals surface area contributed by atoms with E-state index in [4.69, 9.17) is 16.3 Å². The molecule has 2 heterocycles. The Morgan fingerprint density at radius 2 is 1.76 bits per heavy atom. The quantitative estimate of drug-likeness (QED) is 0.242. The predicted octanol–water partition coefficient (Wildman–Crippen LogP) is 6.02. The highest BCUT2D eigenvalue weighted by Crippen LogP contribution is 2.31. The van der Waals surface area contributed by atoms with Crippen molar-refractivity contribution in [2.75, 3.05) is 24.2 Å². The van der Waals surface area contributed by atoms with Crippen LogP contribution in [-0.2, 0) is 19.1 Å². The Labute approximate surface area is 288 Å². The van der Waals surface area contributed by atoms with Crippen LogP contribution in [0.4, 0.5) is 30.8 Å². The summed E-state index contributed by atoms with van der Waals surface area (Å²) >= 11 is 5.73. The lowest BCUT2D eigenvalue weighted by molar-refractivity contribution is -0.143. The maximum absolute atomic E-state index is 14.6. The number of amides is 4. The second-order valence-corrected chi connectivity index (χ2v) is 14.4. The second-order valence-electron chi connectivity index (χ2n) is 14.1. The minimum atomic E-state index is -1.00. The maximum Gasteiger partial charge on any atom is 0.410 e. The first-order valence-electron chi connectivity index (χ1n) is 15.8. The standard InChI is InChI=1S/C34H42ClF2N7O5/c1-18(43(8)32(48)49-34(5,6)7)29(45)42-27(33(2,3)4)31(47)44-15-9-10-24(44)30(46)40-19-11-13-22-20(16-19)28(39-17-38-22)41-23-14-12-21(36)25(35)26(23)37/h11-14,16-18,24,27H,9-10,15H2,1-8H3,(H,40,46)(H,42,45)(H,38,39,41)/t18-,24-,27+/m0/s1. The number of halogens is 3. The molecule has 2 aromatic carbocycles. The number of likely N-dealkylation sites (N-methyl/N-ethyl adjacent to an activating group) is 1. The molecule has 1 saturated heterocycles. The Kier molecular flexibility index (Phi) is 11.0. The zero-order valence-corrected chi connectivity index (χ0v) is 29.5.